The van der Waals surface area contributed by atoms with Crippen molar-refractivity contribution >= 4 is 9.84 Å². The van der Waals surface area contributed by atoms with E-state index in [1.165, 1.54) is 0 Å². The van der Waals surface area contributed by atoms with Crippen LogP contribution in [0, 0.1) is 18.6 Å². The Balaban J connectivity index is 2.26. The summed E-state index contributed by atoms with van der Waals surface area (Å²) in [4.78, 5) is -1.08. The number of hydrogen-bond donors (Lipinski definition) is 0. The van der Waals surface area contributed by atoms with Gasteiger partial charge in [0.1, 0.15) is 22.2 Å². The monoisotopic (exact) mass is 398 g/mol. The van der Waals surface area contributed by atoms with Gasteiger partial charge in [-0.3, -0.25) is 0 Å². The van der Waals surface area contributed by atoms with E-state index in [1.807, 2.05) is 0 Å². The lowest BCUT2D eigenvalue weighted by atomic mass is 10.1. The van der Waals surface area contributed by atoms with E-state index in [-0.39, 0.29) is 11.4 Å². The van der Waals surface area contributed by atoms with Crippen LogP contribution < -0.4 is 0 Å². The summed E-state index contributed by atoms with van der Waals surface area (Å²) >= 11 is 0. The maximum absolute atomic E-state index is 14.2. The standard InChI is InChI=1S/C18H14F4N2O2S/c1-10-4-3-5-11(6-10)16-9-15(18(21)22)23-24(16)12-7-13(19)17(14(20)8-12)27(2,25)26/h3-9,18H,1-2H3. The quantitative estimate of drug-likeness (QED) is 0.610. The van der Waals surface area contributed by atoms with E-state index >= 15 is 0 Å². The number of hydrogen-bond acceptors (Lipinski definition) is 3. The average molecular weight is 398 g/mol. The zero-order chi connectivity index (χ0) is 19.9. The lowest BCUT2D eigenvalue weighted by molar-refractivity contribution is 0.145. The van der Waals surface area contributed by atoms with Crippen molar-refractivity contribution in [1.82, 2.24) is 9.78 Å². The third-order valence-electron chi connectivity index (χ3n) is 3.86. The van der Waals surface area contributed by atoms with Gasteiger partial charge in [0, 0.05) is 24.0 Å². The highest BCUT2D eigenvalue weighted by Gasteiger charge is 2.23. The van der Waals surface area contributed by atoms with Gasteiger partial charge in [-0.2, -0.15) is 5.10 Å². The molecule has 0 aliphatic heterocycles. The summed E-state index contributed by atoms with van der Waals surface area (Å²) in [5.74, 6) is -2.64. The Morgan fingerprint density at radius 3 is 2.19 bits per heavy atom. The van der Waals surface area contributed by atoms with Crippen LogP contribution in [0.25, 0.3) is 16.9 Å². The molecule has 27 heavy (non-hydrogen) atoms. The van der Waals surface area contributed by atoms with Crippen molar-refractivity contribution in [2.24, 2.45) is 0 Å². The third-order valence-corrected chi connectivity index (χ3v) is 5.00. The molecule has 0 saturated carbocycles. The Bertz CT molecular complexity index is 1100. The number of rotatable bonds is 4. The smallest absolute Gasteiger partial charge is 0.232 e. The van der Waals surface area contributed by atoms with Crippen molar-refractivity contribution in [2.75, 3.05) is 6.26 Å². The van der Waals surface area contributed by atoms with Gasteiger partial charge in [-0.05, 0) is 19.1 Å². The Labute approximate surface area is 153 Å². The molecule has 3 rings (SSSR count). The van der Waals surface area contributed by atoms with Gasteiger partial charge in [0.25, 0.3) is 6.43 Å². The van der Waals surface area contributed by atoms with Crippen molar-refractivity contribution in [3.05, 3.63) is 65.4 Å². The first kappa shape index (κ1) is 19.1. The fraction of sp³-hybridized carbons (Fsp3) is 0.167. The van der Waals surface area contributed by atoms with E-state index in [4.69, 9.17) is 0 Å². The van der Waals surface area contributed by atoms with Crippen LogP contribution >= 0.6 is 0 Å². The number of aromatic nitrogens is 2. The van der Waals surface area contributed by atoms with Gasteiger partial charge in [-0.25, -0.2) is 30.7 Å². The first-order valence-electron chi connectivity index (χ1n) is 7.72. The summed E-state index contributed by atoms with van der Waals surface area (Å²) in [6.07, 6.45) is -2.21. The van der Waals surface area contributed by atoms with E-state index in [9.17, 15) is 26.0 Å². The molecule has 0 N–H and O–H groups in total. The maximum Gasteiger partial charge on any atom is 0.282 e. The van der Waals surface area contributed by atoms with Gasteiger partial charge in [0.05, 0.1) is 11.4 Å². The normalized spacial score (nSPS) is 12.0. The second-order valence-electron chi connectivity index (χ2n) is 6.05. The number of alkyl halides is 2. The minimum absolute atomic E-state index is 0.194. The second-order valence-corrected chi connectivity index (χ2v) is 8.00. The van der Waals surface area contributed by atoms with Crippen LogP contribution in [-0.4, -0.2) is 24.5 Å². The largest absolute Gasteiger partial charge is 0.282 e. The molecular formula is C18H14F4N2O2S. The van der Waals surface area contributed by atoms with E-state index in [2.05, 4.69) is 5.10 Å². The lowest BCUT2D eigenvalue weighted by Crippen LogP contribution is -2.08. The molecule has 3 aromatic rings. The molecule has 0 radical (unpaired) electrons. The summed E-state index contributed by atoms with van der Waals surface area (Å²) in [5.41, 5.74) is 0.784. The Morgan fingerprint density at radius 2 is 1.67 bits per heavy atom. The first-order valence-corrected chi connectivity index (χ1v) is 9.61. The van der Waals surface area contributed by atoms with E-state index in [0.717, 1.165) is 28.4 Å². The third kappa shape index (κ3) is 3.73. The number of nitrogens with zero attached hydrogens (tertiary/aromatic N) is 2. The van der Waals surface area contributed by atoms with Crippen LogP contribution in [0.3, 0.4) is 0 Å². The summed E-state index contributed by atoms with van der Waals surface area (Å²) in [5, 5.41) is 3.74. The molecule has 0 aliphatic rings. The van der Waals surface area contributed by atoms with Crippen molar-refractivity contribution in [3.63, 3.8) is 0 Å². The van der Waals surface area contributed by atoms with Gasteiger partial charge in [-0.1, -0.05) is 23.8 Å². The van der Waals surface area contributed by atoms with Crippen LogP contribution in [0.15, 0.2) is 47.4 Å². The number of aryl methyl sites for hydroxylation is 1. The summed E-state index contributed by atoms with van der Waals surface area (Å²) in [6.45, 7) is 1.80. The molecule has 0 atom stereocenters. The van der Waals surface area contributed by atoms with Crippen molar-refractivity contribution in [1.29, 1.82) is 0 Å². The molecule has 1 aromatic heterocycles. The SMILES string of the molecule is Cc1cccc(-c2cc(C(F)F)nn2-c2cc(F)c(S(C)(=O)=O)c(F)c2)c1. The van der Waals surface area contributed by atoms with Crippen LogP contribution in [0.1, 0.15) is 17.7 Å². The predicted octanol–water partition coefficient (Wildman–Crippen LogP) is 4.47. The molecule has 0 saturated heterocycles. The Morgan fingerprint density at radius 1 is 1.04 bits per heavy atom. The van der Waals surface area contributed by atoms with Gasteiger partial charge in [0.15, 0.2) is 9.84 Å². The highest BCUT2D eigenvalue weighted by atomic mass is 32.2. The second kappa shape index (κ2) is 6.80. The Hall–Kier alpha value is -2.68. The van der Waals surface area contributed by atoms with Crippen molar-refractivity contribution < 1.29 is 26.0 Å². The predicted molar refractivity (Wildman–Crippen MR) is 91.7 cm³/mol. The molecule has 9 heteroatoms. The minimum Gasteiger partial charge on any atom is -0.232 e. The van der Waals surface area contributed by atoms with Gasteiger partial charge >= 0.3 is 0 Å². The van der Waals surface area contributed by atoms with Crippen LogP contribution in [0.4, 0.5) is 17.6 Å². The van der Waals surface area contributed by atoms with E-state index in [1.54, 1.807) is 31.2 Å². The Kier molecular flexibility index (Phi) is 4.81. The van der Waals surface area contributed by atoms with Gasteiger partial charge in [-0.15, -0.1) is 0 Å². The topological polar surface area (TPSA) is 52.0 Å². The zero-order valence-corrected chi connectivity index (χ0v) is 15.1. The van der Waals surface area contributed by atoms with Gasteiger partial charge in [0.2, 0.25) is 0 Å². The maximum atomic E-state index is 14.2. The fourth-order valence-corrected chi connectivity index (χ4v) is 3.56. The molecule has 0 spiro atoms. The number of sulfone groups is 1. The summed E-state index contributed by atoms with van der Waals surface area (Å²) in [6, 6.07) is 9.49. The first-order chi connectivity index (χ1) is 12.6. The molecule has 0 aliphatic carbocycles. The highest BCUT2D eigenvalue weighted by Crippen LogP contribution is 2.30. The van der Waals surface area contributed by atoms with E-state index in [0.29, 0.717) is 11.8 Å². The van der Waals surface area contributed by atoms with Crippen LogP contribution in [0.2, 0.25) is 0 Å². The fourth-order valence-electron chi connectivity index (χ4n) is 2.74. The summed E-state index contributed by atoms with van der Waals surface area (Å²) in [7, 11) is -4.14. The van der Waals surface area contributed by atoms with Crippen molar-refractivity contribution in [3.8, 4) is 16.9 Å². The minimum atomic E-state index is -4.14. The molecule has 4 nitrogen and oxygen atoms in total. The number of benzene rings is 2. The average Bonchev–Trinajstić information content (AvgIpc) is 2.98. The molecule has 142 valence electrons. The van der Waals surface area contributed by atoms with Crippen LogP contribution in [-0.2, 0) is 9.84 Å². The number of halogens is 4. The van der Waals surface area contributed by atoms with Gasteiger partial charge < -0.3 is 0 Å². The molecule has 0 unspecified atom stereocenters. The molecule has 0 bridgehead atoms. The lowest BCUT2D eigenvalue weighted by Gasteiger charge is -2.11. The molecule has 0 amide bonds. The highest BCUT2D eigenvalue weighted by molar-refractivity contribution is 7.90. The molecular weight excluding hydrogens is 384 g/mol. The molecule has 2 aromatic carbocycles. The van der Waals surface area contributed by atoms with Crippen molar-refractivity contribution in [2.45, 2.75) is 18.2 Å². The summed E-state index contributed by atoms with van der Waals surface area (Å²) < 4.78 is 78.8. The molecule has 0 fully saturated rings. The zero-order valence-electron chi connectivity index (χ0n) is 14.2. The van der Waals surface area contributed by atoms with E-state index < -0.39 is 38.5 Å². The van der Waals surface area contributed by atoms with Crippen LogP contribution in [0.5, 0.6) is 0 Å². The molecule has 1 heterocycles.